The van der Waals surface area contributed by atoms with E-state index in [-0.39, 0.29) is 0 Å². The number of alkyl halides is 3. The molecule has 0 atom stereocenters. The standard InChI is InChI=1S/C12H16ClN.C2HF3O2/c1-8-3-9(5-11(13)4-8)10-6-12(7-10)14-2;3-2(4,5)1(6)7/h3-5,10,12,14H,6-7H2,1-2H3;(H,6,7). The van der Waals surface area contributed by atoms with Crippen molar-refractivity contribution in [2.24, 2.45) is 0 Å². The highest BCUT2D eigenvalue weighted by atomic mass is 35.5. The van der Waals surface area contributed by atoms with Crippen LogP contribution in [0, 0.1) is 6.92 Å². The molecule has 0 heterocycles. The van der Waals surface area contributed by atoms with Gasteiger partial charge in [-0.1, -0.05) is 17.7 Å². The zero-order valence-electron chi connectivity index (χ0n) is 11.7. The van der Waals surface area contributed by atoms with Gasteiger partial charge in [-0.15, -0.1) is 0 Å². The minimum absolute atomic E-state index is 0.708. The van der Waals surface area contributed by atoms with E-state index in [4.69, 9.17) is 21.5 Å². The molecule has 1 aromatic rings. The largest absolute Gasteiger partial charge is 0.490 e. The van der Waals surface area contributed by atoms with Crippen LogP contribution in [0.2, 0.25) is 5.02 Å². The second kappa shape index (κ2) is 7.13. The lowest BCUT2D eigenvalue weighted by Crippen LogP contribution is -2.37. The minimum Gasteiger partial charge on any atom is -0.475 e. The van der Waals surface area contributed by atoms with Crippen LogP contribution in [0.1, 0.15) is 29.9 Å². The van der Waals surface area contributed by atoms with Gasteiger partial charge in [-0.25, -0.2) is 4.79 Å². The van der Waals surface area contributed by atoms with E-state index < -0.39 is 12.1 Å². The third kappa shape index (κ3) is 5.55. The Morgan fingerprint density at radius 1 is 1.33 bits per heavy atom. The van der Waals surface area contributed by atoms with Crippen LogP contribution < -0.4 is 5.32 Å². The molecule has 7 heteroatoms. The lowest BCUT2D eigenvalue weighted by atomic mass is 9.76. The molecule has 0 radical (unpaired) electrons. The summed E-state index contributed by atoms with van der Waals surface area (Å²) >= 11 is 6.03. The quantitative estimate of drug-likeness (QED) is 0.871. The molecule has 3 nitrogen and oxygen atoms in total. The smallest absolute Gasteiger partial charge is 0.475 e. The van der Waals surface area contributed by atoms with E-state index in [1.54, 1.807) is 0 Å². The molecule has 1 aliphatic carbocycles. The van der Waals surface area contributed by atoms with Gasteiger partial charge in [0.15, 0.2) is 0 Å². The molecule has 118 valence electrons. The molecule has 0 saturated heterocycles. The van der Waals surface area contributed by atoms with Crippen molar-refractivity contribution in [2.75, 3.05) is 7.05 Å². The second-order valence-electron chi connectivity index (χ2n) is 5.02. The molecule has 1 aromatic carbocycles. The van der Waals surface area contributed by atoms with E-state index in [0.29, 0.717) is 12.0 Å². The summed E-state index contributed by atoms with van der Waals surface area (Å²) in [6.07, 6.45) is -2.59. The molecular weight excluding hydrogens is 307 g/mol. The van der Waals surface area contributed by atoms with Gasteiger partial charge >= 0.3 is 12.1 Å². The van der Waals surface area contributed by atoms with Crippen molar-refractivity contribution < 1.29 is 23.1 Å². The van der Waals surface area contributed by atoms with Crippen molar-refractivity contribution in [3.8, 4) is 0 Å². The fourth-order valence-electron chi connectivity index (χ4n) is 2.13. The first-order valence-electron chi connectivity index (χ1n) is 6.38. The number of hydrogen-bond acceptors (Lipinski definition) is 2. The maximum Gasteiger partial charge on any atom is 0.490 e. The van der Waals surface area contributed by atoms with Gasteiger partial charge in [0.2, 0.25) is 0 Å². The predicted molar refractivity (Wildman–Crippen MR) is 74.7 cm³/mol. The molecule has 0 unspecified atom stereocenters. The number of hydrogen-bond donors (Lipinski definition) is 2. The van der Waals surface area contributed by atoms with Crippen LogP contribution in [0.25, 0.3) is 0 Å². The number of rotatable bonds is 2. The number of benzene rings is 1. The highest BCUT2D eigenvalue weighted by molar-refractivity contribution is 6.30. The Morgan fingerprint density at radius 2 is 1.86 bits per heavy atom. The summed E-state index contributed by atoms with van der Waals surface area (Å²) in [6.45, 7) is 2.10. The fourth-order valence-corrected chi connectivity index (χ4v) is 2.42. The molecule has 0 spiro atoms. The molecule has 2 N–H and O–H groups in total. The summed E-state index contributed by atoms with van der Waals surface area (Å²) in [7, 11) is 2.03. The lowest BCUT2D eigenvalue weighted by Gasteiger charge is -2.35. The third-order valence-electron chi connectivity index (χ3n) is 3.32. The molecule has 0 aromatic heterocycles. The number of aliphatic carboxylic acids is 1. The number of halogens is 4. The van der Waals surface area contributed by atoms with Crippen molar-refractivity contribution in [1.82, 2.24) is 5.32 Å². The molecule has 21 heavy (non-hydrogen) atoms. The van der Waals surface area contributed by atoms with Gasteiger partial charge in [0.25, 0.3) is 0 Å². The summed E-state index contributed by atoms with van der Waals surface area (Å²) < 4.78 is 31.7. The molecule has 2 rings (SSSR count). The van der Waals surface area contributed by atoms with Crippen molar-refractivity contribution >= 4 is 17.6 Å². The Kier molecular flexibility index (Phi) is 6.04. The first-order valence-corrected chi connectivity index (χ1v) is 6.75. The van der Waals surface area contributed by atoms with E-state index in [2.05, 4.69) is 24.4 Å². The fraction of sp³-hybridized carbons (Fsp3) is 0.500. The van der Waals surface area contributed by atoms with Crippen LogP contribution in [0.15, 0.2) is 18.2 Å². The Bertz CT molecular complexity index is 479. The Morgan fingerprint density at radius 3 is 2.24 bits per heavy atom. The number of carboxylic acids is 1. The summed E-state index contributed by atoms with van der Waals surface area (Å²) in [4.78, 5) is 8.90. The SMILES string of the molecule is CNC1CC(c2cc(C)cc(Cl)c2)C1.O=C(O)C(F)(F)F. The van der Waals surface area contributed by atoms with Crippen LogP contribution in [0.4, 0.5) is 13.2 Å². The summed E-state index contributed by atoms with van der Waals surface area (Å²) in [5.41, 5.74) is 2.67. The highest BCUT2D eigenvalue weighted by Gasteiger charge is 2.38. The van der Waals surface area contributed by atoms with E-state index in [0.717, 1.165) is 5.02 Å². The van der Waals surface area contributed by atoms with Gasteiger partial charge in [0, 0.05) is 11.1 Å². The normalized spacial score (nSPS) is 21.0. The molecule has 0 aliphatic heterocycles. The van der Waals surface area contributed by atoms with Gasteiger partial charge in [-0.3, -0.25) is 0 Å². The van der Waals surface area contributed by atoms with Crippen molar-refractivity contribution in [1.29, 1.82) is 0 Å². The van der Waals surface area contributed by atoms with Gasteiger partial charge in [-0.05, 0) is 56.0 Å². The Balaban J connectivity index is 0.000000270. The lowest BCUT2D eigenvalue weighted by molar-refractivity contribution is -0.192. The van der Waals surface area contributed by atoms with Crippen LogP contribution in [0.5, 0.6) is 0 Å². The maximum absolute atomic E-state index is 10.6. The van der Waals surface area contributed by atoms with E-state index in [9.17, 15) is 13.2 Å². The first-order chi connectivity index (χ1) is 9.63. The maximum atomic E-state index is 10.6. The van der Waals surface area contributed by atoms with Crippen LogP contribution >= 0.6 is 11.6 Å². The third-order valence-corrected chi connectivity index (χ3v) is 3.54. The minimum atomic E-state index is -5.08. The topological polar surface area (TPSA) is 49.3 Å². The van der Waals surface area contributed by atoms with Gasteiger partial charge in [0.05, 0.1) is 0 Å². The average Bonchev–Trinajstić information content (AvgIpc) is 2.25. The number of aryl methyl sites for hydroxylation is 1. The molecule has 1 aliphatic rings. The number of carboxylic acid groups (broad SMARTS) is 1. The van der Waals surface area contributed by atoms with E-state index in [1.165, 1.54) is 24.0 Å². The highest BCUT2D eigenvalue weighted by Crippen LogP contribution is 2.37. The van der Waals surface area contributed by atoms with Crippen molar-refractivity contribution in [3.63, 3.8) is 0 Å². The molecule has 1 fully saturated rings. The monoisotopic (exact) mass is 323 g/mol. The van der Waals surface area contributed by atoms with Crippen LogP contribution in [-0.4, -0.2) is 30.3 Å². The predicted octanol–water partition coefficient (Wildman–Crippen LogP) is 3.75. The first kappa shape index (κ1) is 17.8. The zero-order valence-corrected chi connectivity index (χ0v) is 12.4. The summed E-state index contributed by atoms with van der Waals surface area (Å²) in [5.74, 6) is -2.04. The van der Waals surface area contributed by atoms with Gasteiger partial charge < -0.3 is 10.4 Å². The van der Waals surface area contributed by atoms with E-state index in [1.807, 2.05) is 13.1 Å². The second-order valence-corrected chi connectivity index (χ2v) is 5.46. The Hall–Kier alpha value is -1.27. The number of nitrogens with one attached hydrogen (secondary N) is 1. The zero-order chi connectivity index (χ0) is 16.2. The van der Waals surface area contributed by atoms with Gasteiger partial charge in [0.1, 0.15) is 0 Å². The molecule has 0 bridgehead atoms. The van der Waals surface area contributed by atoms with Crippen molar-refractivity contribution in [3.05, 3.63) is 34.3 Å². The van der Waals surface area contributed by atoms with E-state index >= 15 is 0 Å². The molecule has 0 amide bonds. The van der Waals surface area contributed by atoms with Gasteiger partial charge in [-0.2, -0.15) is 13.2 Å². The molecular formula is C14H17ClF3NO2. The summed E-state index contributed by atoms with van der Waals surface area (Å²) in [6, 6.07) is 7.08. The average molecular weight is 324 g/mol. The Labute approximate surface area is 126 Å². The summed E-state index contributed by atoms with van der Waals surface area (Å²) in [5, 5.41) is 11.3. The number of carbonyl (C=O) groups is 1. The molecule has 1 saturated carbocycles. The van der Waals surface area contributed by atoms with Crippen LogP contribution in [0.3, 0.4) is 0 Å². The van der Waals surface area contributed by atoms with Crippen LogP contribution in [-0.2, 0) is 4.79 Å². The van der Waals surface area contributed by atoms with Crippen molar-refractivity contribution in [2.45, 2.75) is 37.9 Å².